The first-order chi connectivity index (χ1) is 13.9. The van der Waals surface area contributed by atoms with Gasteiger partial charge in [-0.1, -0.05) is 12.1 Å². The van der Waals surface area contributed by atoms with E-state index < -0.39 is 10.2 Å². The van der Waals surface area contributed by atoms with E-state index >= 15 is 0 Å². The van der Waals surface area contributed by atoms with Gasteiger partial charge >= 0.3 is 10.2 Å². The largest absolute Gasteiger partial charge is 0.496 e. The highest BCUT2D eigenvalue weighted by Crippen LogP contribution is 2.38. The van der Waals surface area contributed by atoms with Gasteiger partial charge in [0.1, 0.15) is 12.4 Å². The van der Waals surface area contributed by atoms with Gasteiger partial charge in [0.05, 0.1) is 24.5 Å². The smallest absolute Gasteiger partial charge is 0.301 e. The summed E-state index contributed by atoms with van der Waals surface area (Å²) in [5.74, 6) is 0.868. The van der Waals surface area contributed by atoms with Crippen LogP contribution < -0.4 is 19.1 Å². The van der Waals surface area contributed by atoms with Gasteiger partial charge < -0.3 is 14.8 Å². The molecular formula is C20H24N4O4S. The molecule has 9 heteroatoms. The van der Waals surface area contributed by atoms with Crippen LogP contribution in [-0.2, 0) is 28.0 Å². The predicted molar refractivity (Wildman–Crippen MR) is 112 cm³/mol. The Balaban J connectivity index is 1.56. The lowest BCUT2D eigenvalue weighted by molar-refractivity contribution is 0.265. The van der Waals surface area contributed by atoms with Gasteiger partial charge in [-0.15, -0.1) is 0 Å². The minimum absolute atomic E-state index is 0.0765. The Bertz CT molecular complexity index is 1070. The lowest BCUT2D eigenvalue weighted by atomic mass is 10.1. The number of methoxy groups -OCH3 is 1. The lowest BCUT2D eigenvalue weighted by Crippen LogP contribution is -2.36. The molecule has 2 aromatic rings. The van der Waals surface area contributed by atoms with Crippen molar-refractivity contribution in [1.29, 1.82) is 0 Å². The van der Waals surface area contributed by atoms with E-state index in [9.17, 15) is 8.42 Å². The zero-order valence-corrected chi connectivity index (χ0v) is 17.4. The van der Waals surface area contributed by atoms with Gasteiger partial charge in [-0.3, -0.25) is 4.31 Å². The Morgan fingerprint density at radius 1 is 1.24 bits per heavy atom. The van der Waals surface area contributed by atoms with Crippen LogP contribution in [0.2, 0.25) is 0 Å². The maximum Gasteiger partial charge on any atom is 0.301 e. The van der Waals surface area contributed by atoms with Crippen LogP contribution in [0.25, 0.3) is 0 Å². The monoisotopic (exact) mass is 416 g/mol. The molecule has 2 aromatic carbocycles. The zero-order chi connectivity index (χ0) is 20.6. The van der Waals surface area contributed by atoms with Crippen LogP contribution in [-0.4, -0.2) is 35.6 Å². The van der Waals surface area contributed by atoms with Crippen LogP contribution >= 0.6 is 0 Å². The van der Waals surface area contributed by atoms with Crippen LogP contribution in [0.5, 0.6) is 5.75 Å². The number of ether oxygens (including phenoxy) is 2. The minimum Gasteiger partial charge on any atom is -0.496 e. The normalized spacial score (nSPS) is 17.6. The molecule has 0 aromatic heterocycles. The van der Waals surface area contributed by atoms with Gasteiger partial charge in [-0.05, 0) is 42.7 Å². The van der Waals surface area contributed by atoms with E-state index in [1.165, 1.54) is 24.0 Å². The van der Waals surface area contributed by atoms with Gasteiger partial charge in [0, 0.05) is 25.2 Å². The fraction of sp³-hybridized carbons (Fsp3) is 0.350. The number of hydrogen-bond donors (Lipinski definition) is 2. The van der Waals surface area contributed by atoms with Gasteiger partial charge in [-0.2, -0.15) is 13.4 Å². The number of benzene rings is 2. The molecule has 154 valence electrons. The Hall–Kier alpha value is -2.78. The summed E-state index contributed by atoms with van der Waals surface area (Å²) in [6.45, 7) is 0.313. The van der Waals surface area contributed by atoms with Crippen molar-refractivity contribution in [2.24, 2.45) is 4.99 Å². The van der Waals surface area contributed by atoms with Crippen LogP contribution in [0.4, 0.5) is 11.4 Å². The van der Waals surface area contributed by atoms with E-state index in [1.807, 2.05) is 12.1 Å². The quantitative estimate of drug-likeness (QED) is 0.781. The first-order valence-electron chi connectivity index (χ1n) is 9.37. The molecule has 8 nitrogen and oxygen atoms in total. The summed E-state index contributed by atoms with van der Waals surface area (Å²) < 4.78 is 38.8. The van der Waals surface area contributed by atoms with E-state index in [0.717, 1.165) is 35.4 Å². The van der Waals surface area contributed by atoms with Gasteiger partial charge in [-0.25, -0.2) is 4.72 Å². The van der Waals surface area contributed by atoms with Gasteiger partial charge in [0.15, 0.2) is 0 Å². The van der Waals surface area contributed by atoms with Crippen molar-refractivity contribution in [3.63, 3.8) is 0 Å². The molecule has 0 amide bonds. The molecule has 1 aliphatic carbocycles. The third-order valence-corrected chi connectivity index (χ3v) is 6.80. The average Bonchev–Trinajstić information content (AvgIpc) is 3.15. The third kappa shape index (κ3) is 3.63. The maximum absolute atomic E-state index is 12.0. The Labute approximate surface area is 170 Å². The topological polar surface area (TPSA) is 92.3 Å². The Kier molecular flexibility index (Phi) is 5.10. The summed E-state index contributed by atoms with van der Waals surface area (Å²) in [4.78, 5) is 4.58. The van der Waals surface area contributed by atoms with Crippen molar-refractivity contribution >= 4 is 27.6 Å². The number of amidine groups is 1. The molecule has 0 saturated carbocycles. The molecule has 1 atom stereocenters. The first kappa shape index (κ1) is 19.5. The summed E-state index contributed by atoms with van der Waals surface area (Å²) in [5.41, 5.74) is 4.56. The van der Waals surface area contributed by atoms with E-state index in [-0.39, 0.29) is 6.04 Å². The average molecular weight is 417 g/mol. The van der Waals surface area contributed by atoms with Gasteiger partial charge in [0.25, 0.3) is 6.02 Å². The lowest BCUT2D eigenvalue weighted by Gasteiger charge is -2.24. The number of hydrogen-bond acceptors (Lipinski definition) is 6. The standard InChI is InChI=1S/C20H24N4O4S/c1-21-29(25,26)24(2)15-8-10-16-14(11-15)12-28-20(22-16)23-17-9-7-13-5-4-6-18(27-3)19(13)17/h4-6,8,10-11,17,21H,7,9,12H2,1-3H3,(H,22,23). The van der Waals surface area contributed by atoms with E-state index in [4.69, 9.17) is 9.47 Å². The number of fused-ring (bicyclic) bond motifs is 2. The molecule has 0 spiro atoms. The zero-order valence-electron chi connectivity index (χ0n) is 16.6. The Morgan fingerprint density at radius 3 is 2.83 bits per heavy atom. The second kappa shape index (κ2) is 7.57. The summed E-state index contributed by atoms with van der Waals surface area (Å²) in [7, 11) is 1.00. The molecule has 1 heterocycles. The van der Waals surface area contributed by atoms with Crippen molar-refractivity contribution < 1.29 is 17.9 Å². The van der Waals surface area contributed by atoms with Crippen LogP contribution in [0, 0.1) is 0 Å². The number of anilines is 1. The fourth-order valence-corrected chi connectivity index (χ4v) is 4.41. The third-order valence-electron chi connectivity index (χ3n) is 5.36. The maximum atomic E-state index is 12.0. The van der Waals surface area contributed by atoms with E-state index in [2.05, 4.69) is 21.1 Å². The number of aliphatic imine (C=N–C) groups is 1. The SMILES string of the molecule is CNS(=O)(=O)N(C)c1ccc2c(c1)COC(NC1CCc3cccc(OC)c31)=N2. The Morgan fingerprint density at radius 2 is 2.07 bits per heavy atom. The molecule has 0 bridgehead atoms. The van der Waals surface area contributed by atoms with Crippen LogP contribution in [0.1, 0.15) is 29.2 Å². The van der Waals surface area contributed by atoms with Crippen LogP contribution in [0.15, 0.2) is 41.4 Å². The summed E-state index contributed by atoms with van der Waals surface area (Å²) in [5, 5.41) is 3.39. The molecule has 1 unspecified atom stereocenters. The first-order valence-corrected chi connectivity index (χ1v) is 10.8. The molecule has 2 aliphatic rings. The van der Waals surface area contributed by atoms with Crippen molar-refractivity contribution in [3.05, 3.63) is 53.1 Å². The van der Waals surface area contributed by atoms with Gasteiger partial charge in [0.2, 0.25) is 0 Å². The molecule has 2 N–H and O–H groups in total. The summed E-state index contributed by atoms with van der Waals surface area (Å²) in [6, 6.07) is 11.9. The molecule has 0 fully saturated rings. The molecule has 0 saturated heterocycles. The van der Waals surface area contributed by atoms with Crippen molar-refractivity contribution in [1.82, 2.24) is 10.0 Å². The second-order valence-electron chi connectivity index (χ2n) is 6.96. The second-order valence-corrected chi connectivity index (χ2v) is 8.87. The highest BCUT2D eigenvalue weighted by Gasteiger charge is 2.28. The molecule has 4 rings (SSSR count). The molecular weight excluding hydrogens is 392 g/mol. The number of rotatable bonds is 5. The summed E-state index contributed by atoms with van der Waals surface area (Å²) >= 11 is 0. The van der Waals surface area contributed by atoms with Crippen LogP contribution in [0.3, 0.4) is 0 Å². The van der Waals surface area contributed by atoms with E-state index in [0.29, 0.717) is 18.3 Å². The van der Waals surface area contributed by atoms with Crippen molar-refractivity contribution in [3.8, 4) is 5.75 Å². The van der Waals surface area contributed by atoms with Crippen molar-refractivity contribution in [2.75, 3.05) is 25.5 Å². The predicted octanol–water partition coefficient (Wildman–Crippen LogP) is 2.39. The highest BCUT2D eigenvalue weighted by molar-refractivity contribution is 7.90. The molecule has 29 heavy (non-hydrogen) atoms. The molecule has 0 radical (unpaired) electrons. The fourth-order valence-electron chi connectivity index (χ4n) is 3.75. The summed E-state index contributed by atoms with van der Waals surface area (Å²) in [6.07, 6.45) is 1.92. The minimum atomic E-state index is -3.56. The number of nitrogens with one attached hydrogen (secondary N) is 2. The highest BCUT2D eigenvalue weighted by atomic mass is 32.2. The molecule has 1 aliphatic heterocycles. The van der Waals surface area contributed by atoms with E-state index in [1.54, 1.807) is 25.3 Å². The number of nitrogens with zero attached hydrogens (tertiary/aromatic N) is 2. The van der Waals surface area contributed by atoms with Crippen molar-refractivity contribution in [2.45, 2.75) is 25.5 Å². The number of aryl methyl sites for hydroxylation is 1.